The van der Waals surface area contributed by atoms with E-state index < -0.39 is 0 Å². The van der Waals surface area contributed by atoms with Crippen molar-refractivity contribution in [2.24, 2.45) is 4.99 Å². The lowest BCUT2D eigenvalue weighted by molar-refractivity contribution is 0.188. The Bertz CT molecular complexity index is 1510. The monoisotopic (exact) mass is 504 g/mol. The summed E-state index contributed by atoms with van der Waals surface area (Å²) in [6.45, 7) is 2.82. The van der Waals surface area contributed by atoms with Crippen molar-refractivity contribution in [1.82, 2.24) is 25.2 Å². The Morgan fingerprint density at radius 3 is 2.68 bits per heavy atom. The first-order valence-electron chi connectivity index (χ1n) is 13.3. The molecule has 2 aromatic carbocycles. The van der Waals surface area contributed by atoms with Crippen LogP contribution in [0.25, 0.3) is 11.0 Å². The number of hydrogen-bond acceptors (Lipinski definition) is 5. The fourth-order valence-corrected chi connectivity index (χ4v) is 5.33. The number of aromatic nitrogens is 3. The second-order valence-corrected chi connectivity index (χ2v) is 10.0. The Kier molecular flexibility index (Phi) is 7.11. The zero-order chi connectivity index (χ0) is 25.7. The van der Waals surface area contributed by atoms with Crippen LogP contribution in [0.5, 0.6) is 0 Å². The molecule has 2 aromatic heterocycles. The topological polar surface area (TPSA) is 89.2 Å². The van der Waals surface area contributed by atoms with Crippen LogP contribution in [0.1, 0.15) is 35.4 Å². The molecule has 1 aliphatic heterocycles. The minimum atomic E-state index is -0.0422. The molecule has 0 fully saturated rings. The lowest BCUT2D eigenvalue weighted by Crippen LogP contribution is -2.37. The van der Waals surface area contributed by atoms with Crippen molar-refractivity contribution >= 4 is 17.2 Å². The van der Waals surface area contributed by atoms with Gasteiger partial charge in [0.1, 0.15) is 5.82 Å². The summed E-state index contributed by atoms with van der Waals surface area (Å²) in [4.78, 5) is 30.1. The summed E-state index contributed by atoms with van der Waals surface area (Å²) in [6.07, 6.45) is 12.3. The fraction of sp³-hybridized carbons (Fsp3) is 0.258. The molecule has 7 heteroatoms. The van der Waals surface area contributed by atoms with Gasteiger partial charge < -0.3 is 15.3 Å². The molecule has 38 heavy (non-hydrogen) atoms. The largest absolute Gasteiger partial charge is 0.341 e. The lowest BCUT2D eigenvalue weighted by Gasteiger charge is -2.34. The summed E-state index contributed by atoms with van der Waals surface area (Å²) in [5.41, 5.74) is 6.55. The number of nitrogens with zero attached hydrogens (tertiary/aromatic N) is 3. The number of hydrogen-bond donors (Lipinski definition) is 3. The summed E-state index contributed by atoms with van der Waals surface area (Å²) >= 11 is 0. The zero-order valence-corrected chi connectivity index (χ0v) is 21.3. The van der Waals surface area contributed by atoms with E-state index in [-0.39, 0.29) is 5.56 Å². The molecule has 0 amide bonds. The summed E-state index contributed by atoms with van der Waals surface area (Å²) in [7, 11) is 0. The van der Waals surface area contributed by atoms with Crippen LogP contribution in [0, 0.1) is 0 Å². The number of pyridine rings is 1. The van der Waals surface area contributed by atoms with Crippen LogP contribution in [-0.4, -0.2) is 38.2 Å². The Morgan fingerprint density at radius 2 is 1.82 bits per heavy atom. The number of dihydropyridines is 1. The Balaban J connectivity index is 1.16. The molecule has 3 heterocycles. The third kappa shape index (κ3) is 5.59. The smallest absolute Gasteiger partial charge is 0.252 e. The molecule has 0 saturated heterocycles. The number of aromatic amines is 2. The number of nitrogens with one attached hydrogen (secondary N) is 3. The van der Waals surface area contributed by atoms with Gasteiger partial charge in [0.2, 0.25) is 0 Å². The number of allylic oxidation sites excluding steroid dienone is 1. The van der Waals surface area contributed by atoms with Crippen molar-refractivity contribution in [3.8, 4) is 0 Å². The summed E-state index contributed by atoms with van der Waals surface area (Å²) in [5.74, 6) is 0.987. The van der Waals surface area contributed by atoms with Gasteiger partial charge in [0.05, 0.1) is 23.6 Å². The van der Waals surface area contributed by atoms with Gasteiger partial charge in [-0.05, 0) is 53.8 Å². The molecule has 7 nitrogen and oxygen atoms in total. The number of aliphatic imine (C=N–C) groups is 1. The third-order valence-corrected chi connectivity index (χ3v) is 7.36. The van der Waals surface area contributed by atoms with Gasteiger partial charge >= 0.3 is 0 Å². The summed E-state index contributed by atoms with van der Waals surface area (Å²) in [5, 5.41) is 3.37. The van der Waals surface area contributed by atoms with Gasteiger partial charge in [-0.15, -0.1) is 0 Å². The number of benzene rings is 2. The van der Waals surface area contributed by atoms with Crippen LogP contribution in [-0.2, 0) is 26.2 Å². The molecule has 4 aromatic rings. The van der Waals surface area contributed by atoms with Crippen molar-refractivity contribution in [1.29, 1.82) is 0 Å². The quantitative estimate of drug-likeness (QED) is 0.310. The maximum absolute atomic E-state index is 11.9. The Labute approximate surface area is 222 Å². The number of fused-ring (bicyclic) bond motifs is 2. The highest BCUT2D eigenvalue weighted by atomic mass is 16.1. The van der Waals surface area contributed by atoms with Crippen LogP contribution in [0.4, 0.5) is 0 Å². The highest BCUT2D eigenvalue weighted by Gasteiger charge is 2.26. The van der Waals surface area contributed by atoms with Crippen LogP contribution in [0.2, 0.25) is 0 Å². The first-order valence-corrected chi connectivity index (χ1v) is 13.3. The van der Waals surface area contributed by atoms with E-state index >= 15 is 0 Å². The van der Waals surface area contributed by atoms with Crippen molar-refractivity contribution in [3.63, 3.8) is 0 Å². The van der Waals surface area contributed by atoms with Gasteiger partial charge in [0.15, 0.2) is 0 Å². The fourth-order valence-electron chi connectivity index (χ4n) is 5.33. The second-order valence-electron chi connectivity index (χ2n) is 10.0. The Hall–Kier alpha value is -4.07. The summed E-state index contributed by atoms with van der Waals surface area (Å²) < 4.78 is 0. The standard InChI is InChI=1S/C31H32N6O/c38-31-25(6-4-16-34-31)19-32-18-22-9-11-23(12-10-22)20-37(21-30-35-28-7-1-2-8-29(28)36-30)26-13-14-27-24(17-26)5-3-15-33-27/h1-12,15-17,26-27,32H,13-14,18-21H2,(H,34,38)(H,35,36). The molecular weight excluding hydrogens is 472 g/mol. The molecule has 0 spiro atoms. The van der Waals surface area contributed by atoms with Crippen molar-refractivity contribution in [2.45, 2.75) is 51.1 Å². The van der Waals surface area contributed by atoms with E-state index in [1.165, 1.54) is 16.7 Å². The predicted molar refractivity (Wildman–Crippen MR) is 152 cm³/mol. The first-order chi connectivity index (χ1) is 18.7. The van der Waals surface area contributed by atoms with Gasteiger partial charge in [-0.2, -0.15) is 0 Å². The van der Waals surface area contributed by atoms with E-state index in [4.69, 9.17) is 4.98 Å². The maximum atomic E-state index is 11.9. The van der Waals surface area contributed by atoms with Crippen molar-refractivity contribution in [2.75, 3.05) is 0 Å². The molecule has 0 radical (unpaired) electrons. The average Bonchev–Trinajstić information content (AvgIpc) is 3.37. The molecule has 6 rings (SSSR count). The molecule has 0 bridgehead atoms. The van der Waals surface area contributed by atoms with Crippen molar-refractivity contribution < 1.29 is 0 Å². The Morgan fingerprint density at radius 1 is 0.947 bits per heavy atom. The van der Waals surface area contributed by atoms with E-state index in [2.05, 4.69) is 73.7 Å². The van der Waals surface area contributed by atoms with E-state index in [1.807, 2.05) is 36.6 Å². The van der Waals surface area contributed by atoms with Gasteiger partial charge in [0.25, 0.3) is 5.56 Å². The molecule has 192 valence electrons. The average molecular weight is 505 g/mol. The van der Waals surface area contributed by atoms with Crippen LogP contribution in [0.3, 0.4) is 0 Å². The van der Waals surface area contributed by atoms with Gasteiger partial charge in [0, 0.05) is 43.7 Å². The van der Waals surface area contributed by atoms with E-state index in [1.54, 1.807) is 6.20 Å². The molecule has 2 unspecified atom stereocenters. The highest BCUT2D eigenvalue weighted by molar-refractivity contribution is 5.75. The zero-order valence-electron chi connectivity index (χ0n) is 21.3. The number of para-hydroxylation sites is 2. The molecule has 3 N–H and O–H groups in total. The third-order valence-electron chi connectivity index (χ3n) is 7.36. The van der Waals surface area contributed by atoms with Gasteiger partial charge in [-0.3, -0.25) is 14.7 Å². The lowest BCUT2D eigenvalue weighted by atomic mass is 9.89. The molecule has 2 aliphatic rings. The van der Waals surface area contributed by atoms with Crippen molar-refractivity contribution in [3.05, 3.63) is 124 Å². The van der Waals surface area contributed by atoms with E-state index in [9.17, 15) is 4.79 Å². The van der Waals surface area contributed by atoms with Gasteiger partial charge in [-0.25, -0.2) is 4.98 Å². The number of imidazole rings is 1. The molecule has 0 saturated carbocycles. The number of rotatable bonds is 9. The molecule has 1 aliphatic carbocycles. The van der Waals surface area contributed by atoms with Crippen LogP contribution < -0.4 is 10.9 Å². The van der Waals surface area contributed by atoms with Crippen LogP contribution in [0.15, 0.2) is 100 Å². The summed E-state index contributed by atoms with van der Waals surface area (Å²) in [6, 6.07) is 21.3. The van der Waals surface area contributed by atoms with E-state index in [0.29, 0.717) is 25.2 Å². The number of H-pyrrole nitrogens is 2. The second kappa shape index (κ2) is 11.1. The highest BCUT2D eigenvalue weighted by Crippen LogP contribution is 2.29. The predicted octanol–water partition coefficient (Wildman–Crippen LogP) is 4.64. The SMILES string of the molecule is O=c1[nH]cccc1CNCc1ccc(CN(Cc2nc3ccccc3[nH]2)C2C=C3C=CC=NC3CC2)cc1. The minimum Gasteiger partial charge on any atom is -0.341 e. The van der Waals surface area contributed by atoms with Crippen LogP contribution >= 0.6 is 0 Å². The maximum Gasteiger partial charge on any atom is 0.252 e. The van der Waals surface area contributed by atoms with Gasteiger partial charge in [-0.1, -0.05) is 54.6 Å². The molecular formula is C31H32N6O. The minimum absolute atomic E-state index is 0.0422. The van der Waals surface area contributed by atoms with E-state index in [0.717, 1.165) is 48.4 Å². The molecule has 2 atom stereocenters. The first kappa shape index (κ1) is 24.3. The normalized spacial score (nSPS) is 18.6.